The second kappa shape index (κ2) is 9.49. The smallest absolute Gasteiger partial charge is 0.290 e. The summed E-state index contributed by atoms with van der Waals surface area (Å²) in [6, 6.07) is 10.7. The summed E-state index contributed by atoms with van der Waals surface area (Å²) in [7, 11) is 0. The zero-order valence-corrected chi connectivity index (χ0v) is 17.8. The van der Waals surface area contributed by atoms with Crippen molar-refractivity contribution >= 4 is 35.0 Å². The van der Waals surface area contributed by atoms with Crippen LogP contribution in [-0.2, 0) is 16.0 Å². The number of carbonyl (C=O) groups excluding carboxylic acids is 2. The first-order valence-corrected chi connectivity index (χ1v) is 10.2. The lowest BCUT2D eigenvalue weighted by atomic mass is 10.1. The van der Waals surface area contributed by atoms with Crippen molar-refractivity contribution in [1.29, 1.82) is 0 Å². The quantitative estimate of drug-likeness (QED) is 0.605. The average Bonchev–Trinajstić information content (AvgIpc) is 3.03. The average molecular weight is 451 g/mol. The van der Waals surface area contributed by atoms with Crippen LogP contribution < -0.4 is 5.32 Å². The molecule has 0 aliphatic carbocycles. The maximum absolute atomic E-state index is 13.1. The molecular weight excluding hydrogens is 430 g/mol. The molecule has 0 saturated heterocycles. The number of hydrogen-bond acceptors (Lipinski definition) is 3. The predicted octanol–water partition coefficient (Wildman–Crippen LogP) is 4.60. The Balaban J connectivity index is 1.54. The van der Waals surface area contributed by atoms with Crippen LogP contribution in [0.2, 0.25) is 10.0 Å². The fraction of sp³-hybridized carbons (Fsp3) is 0.273. The molecule has 1 aliphatic rings. The van der Waals surface area contributed by atoms with Crippen molar-refractivity contribution in [1.82, 2.24) is 10.2 Å². The number of benzene rings is 2. The van der Waals surface area contributed by atoms with Crippen LogP contribution in [0.1, 0.15) is 30.5 Å². The van der Waals surface area contributed by atoms with E-state index in [4.69, 9.17) is 23.2 Å². The monoisotopic (exact) mass is 450 g/mol. The van der Waals surface area contributed by atoms with Crippen LogP contribution in [0.4, 0.5) is 4.39 Å². The molecule has 1 heterocycles. The molecule has 1 aliphatic heterocycles. The number of nitrogens with zero attached hydrogens (tertiary/aromatic N) is 1. The third-order valence-corrected chi connectivity index (χ3v) is 5.82. The summed E-state index contributed by atoms with van der Waals surface area (Å²) in [5, 5.41) is 13.9. The molecule has 2 amide bonds. The van der Waals surface area contributed by atoms with Gasteiger partial charge in [0.1, 0.15) is 5.82 Å². The first-order valence-electron chi connectivity index (χ1n) is 9.48. The molecule has 0 spiro atoms. The van der Waals surface area contributed by atoms with Gasteiger partial charge >= 0.3 is 0 Å². The number of aliphatic hydroxyl groups is 1. The Morgan fingerprint density at radius 2 is 1.90 bits per heavy atom. The number of nitrogens with one attached hydrogen (secondary N) is 1. The van der Waals surface area contributed by atoms with E-state index < -0.39 is 23.6 Å². The first-order chi connectivity index (χ1) is 14.3. The van der Waals surface area contributed by atoms with Gasteiger partial charge in [-0.25, -0.2) is 4.39 Å². The molecule has 0 saturated carbocycles. The summed E-state index contributed by atoms with van der Waals surface area (Å²) >= 11 is 11.9. The molecule has 0 bridgehead atoms. The molecule has 0 aromatic heterocycles. The van der Waals surface area contributed by atoms with Crippen LogP contribution in [-0.4, -0.2) is 34.9 Å². The van der Waals surface area contributed by atoms with E-state index in [2.05, 4.69) is 5.32 Å². The number of carbonyl (C=O) groups is 2. The van der Waals surface area contributed by atoms with Crippen LogP contribution in [0.5, 0.6) is 0 Å². The van der Waals surface area contributed by atoms with Gasteiger partial charge in [-0.15, -0.1) is 0 Å². The molecule has 30 heavy (non-hydrogen) atoms. The predicted molar refractivity (Wildman–Crippen MR) is 114 cm³/mol. The molecule has 3 rings (SSSR count). The Hall–Kier alpha value is -2.57. The lowest BCUT2D eigenvalue weighted by Gasteiger charge is -2.24. The van der Waals surface area contributed by atoms with Gasteiger partial charge in [0.25, 0.3) is 11.8 Å². The summed E-state index contributed by atoms with van der Waals surface area (Å²) in [5.74, 6) is -2.02. The first kappa shape index (κ1) is 22.1. The van der Waals surface area contributed by atoms with Crippen molar-refractivity contribution in [2.24, 2.45) is 0 Å². The van der Waals surface area contributed by atoms with Gasteiger partial charge in [0.05, 0.1) is 28.2 Å². The largest absolute Gasteiger partial charge is 0.503 e. The molecule has 1 atom stereocenters. The number of hydrogen-bond donors (Lipinski definition) is 2. The summed E-state index contributed by atoms with van der Waals surface area (Å²) in [5.41, 5.74) is 1.74. The summed E-state index contributed by atoms with van der Waals surface area (Å²) in [6.07, 6.45) is 1.34. The fourth-order valence-electron chi connectivity index (χ4n) is 3.29. The molecule has 2 N–H and O–H groups in total. The number of amides is 2. The van der Waals surface area contributed by atoms with Crippen LogP contribution >= 0.6 is 23.2 Å². The van der Waals surface area contributed by atoms with E-state index in [0.29, 0.717) is 35.0 Å². The third kappa shape index (κ3) is 4.94. The number of aliphatic hydroxyl groups excluding tert-OH is 1. The number of rotatable bonds is 7. The normalized spacial score (nSPS) is 14.9. The van der Waals surface area contributed by atoms with Gasteiger partial charge in [0.15, 0.2) is 5.76 Å². The Morgan fingerprint density at radius 3 is 2.57 bits per heavy atom. The molecular formula is C22H21Cl2FN2O3. The highest BCUT2D eigenvalue weighted by molar-refractivity contribution is 6.42. The number of halogens is 3. The van der Waals surface area contributed by atoms with E-state index in [0.717, 1.165) is 5.56 Å². The van der Waals surface area contributed by atoms with Gasteiger partial charge in [-0.2, -0.15) is 0 Å². The summed E-state index contributed by atoms with van der Waals surface area (Å²) in [4.78, 5) is 26.3. The highest BCUT2D eigenvalue weighted by atomic mass is 35.5. The SMILES string of the molecule is CC(c1ccc(F)cc1)N1CC(C(=O)NCCCc2ccc(Cl)c(Cl)c2)=C(O)C1=O. The fourth-order valence-corrected chi connectivity index (χ4v) is 3.61. The zero-order chi connectivity index (χ0) is 21.8. The van der Waals surface area contributed by atoms with E-state index in [1.54, 1.807) is 31.2 Å². The Bertz CT molecular complexity index is 992. The lowest BCUT2D eigenvalue weighted by Crippen LogP contribution is -2.32. The third-order valence-electron chi connectivity index (χ3n) is 5.08. The molecule has 8 heteroatoms. The van der Waals surface area contributed by atoms with Crippen LogP contribution in [0, 0.1) is 5.82 Å². The Labute approximate surface area is 184 Å². The molecule has 1 unspecified atom stereocenters. The minimum absolute atomic E-state index is 0.0121. The van der Waals surface area contributed by atoms with E-state index >= 15 is 0 Å². The Kier molecular flexibility index (Phi) is 7.00. The Morgan fingerprint density at radius 1 is 1.20 bits per heavy atom. The van der Waals surface area contributed by atoms with Gasteiger partial charge in [-0.3, -0.25) is 9.59 Å². The molecule has 2 aromatic carbocycles. The van der Waals surface area contributed by atoms with Crippen LogP contribution in [0.15, 0.2) is 53.8 Å². The van der Waals surface area contributed by atoms with Crippen molar-refractivity contribution in [2.75, 3.05) is 13.1 Å². The molecule has 0 fully saturated rings. The van der Waals surface area contributed by atoms with E-state index in [-0.39, 0.29) is 17.9 Å². The standard InChI is InChI=1S/C22H21Cl2FN2O3/c1-13(15-5-7-16(25)8-6-15)27-12-17(20(28)22(27)30)21(29)26-10-2-3-14-4-9-18(23)19(24)11-14/h4-9,11,13,28H,2-3,10,12H2,1H3,(H,26,29). The minimum atomic E-state index is -0.618. The van der Waals surface area contributed by atoms with Crippen LogP contribution in [0.3, 0.4) is 0 Å². The molecule has 158 valence electrons. The number of aryl methyl sites for hydroxylation is 1. The van der Waals surface area contributed by atoms with Gasteiger partial charge in [0.2, 0.25) is 0 Å². The maximum Gasteiger partial charge on any atom is 0.290 e. The second-order valence-electron chi connectivity index (χ2n) is 7.10. The van der Waals surface area contributed by atoms with Crippen molar-refractivity contribution < 1.29 is 19.1 Å². The molecule has 5 nitrogen and oxygen atoms in total. The van der Waals surface area contributed by atoms with Crippen LogP contribution in [0.25, 0.3) is 0 Å². The van der Waals surface area contributed by atoms with Crippen molar-refractivity contribution in [2.45, 2.75) is 25.8 Å². The van der Waals surface area contributed by atoms with Gasteiger partial charge in [0, 0.05) is 6.54 Å². The van der Waals surface area contributed by atoms with E-state index in [1.165, 1.54) is 17.0 Å². The van der Waals surface area contributed by atoms with Gasteiger partial charge in [-0.05, 0) is 55.2 Å². The van der Waals surface area contributed by atoms with Gasteiger partial charge < -0.3 is 15.3 Å². The second-order valence-corrected chi connectivity index (χ2v) is 7.91. The lowest BCUT2D eigenvalue weighted by molar-refractivity contribution is -0.129. The van der Waals surface area contributed by atoms with Gasteiger partial charge in [-0.1, -0.05) is 41.4 Å². The topological polar surface area (TPSA) is 69.6 Å². The molecule has 2 aromatic rings. The van der Waals surface area contributed by atoms with E-state index in [1.807, 2.05) is 6.07 Å². The highest BCUT2D eigenvalue weighted by Crippen LogP contribution is 2.28. The van der Waals surface area contributed by atoms with E-state index in [9.17, 15) is 19.1 Å². The highest BCUT2D eigenvalue weighted by Gasteiger charge is 2.36. The summed E-state index contributed by atoms with van der Waals surface area (Å²) in [6.45, 7) is 2.12. The minimum Gasteiger partial charge on any atom is -0.503 e. The zero-order valence-electron chi connectivity index (χ0n) is 16.3. The molecule has 0 radical (unpaired) electrons. The van der Waals surface area contributed by atoms with Crippen molar-refractivity contribution in [3.8, 4) is 0 Å². The van der Waals surface area contributed by atoms with Crippen molar-refractivity contribution in [3.63, 3.8) is 0 Å². The van der Waals surface area contributed by atoms with Crippen molar-refractivity contribution in [3.05, 3.63) is 80.8 Å². The summed E-state index contributed by atoms with van der Waals surface area (Å²) < 4.78 is 13.1. The maximum atomic E-state index is 13.1.